The fourth-order valence-corrected chi connectivity index (χ4v) is 2.85. The molecule has 7 heteroatoms. The van der Waals surface area contributed by atoms with Crippen molar-refractivity contribution in [2.24, 2.45) is 11.7 Å². The maximum Gasteiger partial charge on any atom is 0.287 e. The zero-order valence-corrected chi connectivity index (χ0v) is 12.2. The fraction of sp³-hybridized carbons (Fsp3) is 0.467. The summed E-state index contributed by atoms with van der Waals surface area (Å²) in [5, 5.41) is 19.9. The van der Waals surface area contributed by atoms with E-state index in [2.05, 4.69) is 4.90 Å². The van der Waals surface area contributed by atoms with Crippen LogP contribution < -0.4 is 10.6 Å². The quantitative estimate of drug-likeness (QED) is 0.659. The minimum absolute atomic E-state index is 0.0711. The first-order valence-electron chi connectivity index (χ1n) is 7.23. The number of carbonyl (C=O) groups is 1. The first-order valence-corrected chi connectivity index (χ1v) is 7.23. The molecule has 1 saturated heterocycles. The zero-order chi connectivity index (χ0) is 16.1. The SMILES string of the molecule is N#Cc1cc(N2CCC[C@@H](CCC(N)=O)C2)ccc1[N+](=O)[O-]. The van der Waals surface area contributed by atoms with Gasteiger partial charge >= 0.3 is 0 Å². The first kappa shape index (κ1) is 15.8. The molecule has 0 spiro atoms. The maximum atomic E-state index is 10.9. The van der Waals surface area contributed by atoms with Crippen LogP contribution in [0.25, 0.3) is 0 Å². The van der Waals surface area contributed by atoms with Gasteiger partial charge in [0.15, 0.2) is 0 Å². The van der Waals surface area contributed by atoms with Gasteiger partial charge in [0.2, 0.25) is 5.91 Å². The lowest BCUT2D eigenvalue weighted by molar-refractivity contribution is -0.385. The van der Waals surface area contributed by atoms with Gasteiger partial charge in [0.25, 0.3) is 5.69 Å². The molecule has 0 unspecified atom stereocenters. The number of amides is 1. The molecule has 1 heterocycles. The highest BCUT2D eigenvalue weighted by molar-refractivity contribution is 5.73. The number of anilines is 1. The van der Waals surface area contributed by atoms with Crippen LogP contribution >= 0.6 is 0 Å². The number of rotatable bonds is 5. The molecule has 7 nitrogen and oxygen atoms in total. The second-order valence-electron chi connectivity index (χ2n) is 5.53. The predicted octanol–water partition coefficient (Wildman–Crippen LogP) is 1.95. The summed E-state index contributed by atoms with van der Waals surface area (Å²) in [6.07, 6.45) is 3.16. The molecule has 0 aromatic heterocycles. The Kier molecular flexibility index (Phi) is 4.94. The van der Waals surface area contributed by atoms with Crippen LogP contribution in [0.2, 0.25) is 0 Å². The topological polar surface area (TPSA) is 113 Å². The number of nitro groups is 1. The Balaban J connectivity index is 2.12. The summed E-state index contributed by atoms with van der Waals surface area (Å²) in [7, 11) is 0. The maximum absolute atomic E-state index is 10.9. The van der Waals surface area contributed by atoms with E-state index in [1.807, 2.05) is 6.07 Å². The molecule has 1 fully saturated rings. The normalized spacial score (nSPS) is 17.8. The van der Waals surface area contributed by atoms with Crippen LogP contribution in [0.1, 0.15) is 31.2 Å². The molecular weight excluding hydrogens is 284 g/mol. The third-order valence-corrected chi connectivity index (χ3v) is 3.98. The lowest BCUT2D eigenvalue weighted by Gasteiger charge is -2.34. The standard InChI is InChI=1S/C15H18N4O3/c16-9-12-8-13(4-5-14(12)19(21)22)18-7-1-2-11(10-18)3-6-15(17)20/h4-5,8,11H,1-3,6-7,10H2,(H2,17,20)/t11-/m0/s1. The molecule has 0 aliphatic carbocycles. The monoisotopic (exact) mass is 302 g/mol. The molecule has 2 N–H and O–H groups in total. The van der Waals surface area contributed by atoms with E-state index in [4.69, 9.17) is 11.0 Å². The van der Waals surface area contributed by atoms with Gasteiger partial charge in [-0.1, -0.05) is 0 Å². The number of hydrogen-bond donors (Lipinski definition) is 1. The Hall–Kier alpha value is -2.62. The van der Waals surface area contributed by atoms with E-state index in [1.54, 1.807) is 12.1 Å². The van der Waals surface area contributed by atoms with Crippen LogP contribution in [0.3, 0.4) is 0 Å². The highest BCUT2D eigenvalue weighted by Crippen LogP contribution is 2.29. The van der Waals surface area contributed by atoms with Gasteiger partial charge in [0.05, 0.1) is 4.92 Å². The van der Waals surface area contributed by atoms with E-state index < -0.39 is 4.92 Å². The summed E-state index contributed by atoms with van der Waals surface area (Å²) < 4.78 is 0. The summed E-state index contributed by atoms with van der Waals surface area (Å²) in [5.41, 5.74) is 5.90. The number of primary amides is 1. The van der Waals surface area contributed by atoms with E-state index in [1.165, 1.54) is 6.07 Å². The van der Waals surface area contributed by atoms with Crippen LogP contribution in [-0.4, -0.2) is 23.9 Å². The average molecular weight is 302 g/mol. The molecule has 0 bridgehead atoms. The second kappa shape index (κ2) is 6.89. The van der Waals surface area contributed by atoms with Gasteiger partial charge in [0.1, 0.15) is 11.6 Å². The molecule has 1 aliphatic rings. The smallest absolute Gasteiger partial charge is 0.287 e. The Morgan fingerprint density at radius 3 is 2.95 bits per heavy atom. The molecule has 116 valence electrons. The number of hydrogen-bond acceptors (Lipinski definition) is 5. The van der Waals surface area contributed by atoms with Gasteiger partial charge < -0.3 is 10.6 Å². The van der Waals surface area contributed by atoms with E-state index in [9.17, 15) is 14.9 Å². The number of carbonyl (C=O) groups excluding carboxylic acids is 1. The third-order valence-electron chi connectivity index (χ3n) is 3.98. The molecule has 0 radical (unpaired) electrons. The zero-order valence-electron chi connectivity index (χ0n) is 12.2. The van der Waals surface area contributed by atoms with Crippen molar-refractivity contribution in [1.82, 2.24) is 0 Å². The number of nitrogens with zero attached hydrogens (tertiary/aromatic N) is 3. The van der Waals surface area contributed by atoms with Gasteiger partial charge in [-0.15, -0.1) is 0 Å². The minimum atomic E-state index is -0.547. The summed E-state index contributed by atoms with van der Waals surface area (Å²) >= 11 is 0. The van der Waals surface area contributed by atoms with Crippen LogP contribution in [0, 0.1) is 27.4 Å². The van der Waals surface area contributed by atoms with Crippen LogP contribution in [0.5, 0.6) is 0 Å². The van der Waals surface area contributed by atoms with Gasteiger partial charge in [-0.25, -0.2) is 0 Å². The number of benzene rings is 1. The van der Waals surface area contributed by atoms with Crippen LogP contribution in [0.4, 0.5) is 11.4 Å². The molecule has 1 aromatic rings. The number of nitrogens with two attached hydrogens (primary N) is 1. The van der Waals surface area contributed by atoms with E-state index in [0.29, 0.717) is 12.3 Å². The summed E-state index contributed by atoms with van der Waals surface area (Å²) in [5.74, 6) is 0.0844. The van der Waals surface area contributed by atoms with Crippen molar-refractivity contribution >= 4 is 17.3 Å². The van der Waals surface area contributed by atoms with Crippen molar-refractivity contribution in [3.05, 3.63) is 33.9 Å². The van der Waals surface area contributed by atoms with Crippen molar-refractivity contribution in [1.29, 1.82) is 5.26 Å². The number of nitriles is 1. The van der Waals surface area contributed by atoms with E-state index >= 15 is 0 Å². The average Bonchev–Trinajstić information content (AvgIpc) is 2.52. The van der Waals surface area contributed by atoms with Gasteiger partial charge in [-0.05, 0) is 37.3 Å². The molecule has 1 amide bonds. The molecule has 1 aliphatic heterocycles. The highest BCUT2D eigenvalue weighted by atomic mass is 16.6. The summed E-state index contributed by atoms with van der Waals surface area (Å²) in [4.78, 5) is 23.3. The van der Waals surface area contributed by atoms with Gasteiger partial charge in [-0.2, -0.15) is 5.26 Å². The van der Waals surface area contributed by atoms with Crippen molar-refractivity contribution in [2.75, 3.05) is 18.0 Å². The van der Waals surface area contributed by atoms with Crippen LogP contribution in [-0.2, 0) is 4.79 Å². The van der Waals surface area contributed by atoms with Crippen molar-refractivity contribution in [3.8, 4) is 6.07 Å². The third kappa shape index (κ3) is 3.73. The summed E-state index contributed by atoms with van der Waals surface area (Å²) in [6, 6.07) is 6.49. The van der Waals surface area contributed by atoms with Crippen molar-refractivity contribution in [3.63, 3.8) is 0 Å². The highest BCUT2D eigenvalue weighted by Gasteiger charge is 2.22. The molecule has 1 aromatic carbocycles. The Morgan fingerprint density at radius 2 is 2.32 bits per heavy atom. The van der Waals surface area contributed by atoms with Gasteiger partial charge in [-0.3, -0.25) is 14.9 Å². The van der Waals surface area contributed by atoms with Crippen LogP contribution in [0.15, 0.2) is 18.2 Å². The summed E-state index contributed by atoms with van der Waals surface area (Å²) in [6.45, 7) is 1.62. The Morgan fingerprint density at radius 1 is 1.55 bits per heavy atom. The Labute approximate surface area is 128 Å². The number of piperidine rings is 1. The second-order valence-corrected chi connectivity index (χ2v) is 5.53. The molecule has 0 saturated carbocycles. The largest absolute Gasteiger partial charge is 0.371 e. The lowest BCUT2D eigenvalue weighted by atomic mass is 9.93. The molecular formula is C15H18N4O3. The molecule has 2 rings (SSSR count). The van der Waals surface area contributed by atoms with Gasteiger partial charge in [0, 0.05) is 31.3 Å². The lowest BCUT2D eigenvalue weighted by Crippen LogP contribution is -2.35. The fourth-order valence-electron chi connectivity index (χ4n) is 2.85. The first-order chi connectivity index (χ1) is 10.5. The molecule has 1 atom stereocenters. The van der Waals surface area contributed by atoms with Crippen molar-refractivity contribution in [2.45, 2.75) is 25.7 Å². The van der Waals surface area contributed by atoms with E-state index in [-0.39, 0.29) is 17.2 Å². The minimum Gasteiger partial charge on any atom is -0.371 e. The molecule has 22 heavy (non-hydrogen) atoms. The van der Waals surface area contributed by atoms with E-state index in [0.717, 1.165) is 38.0 Å². The predicted molar refractivity (Wildman–Crippen MR) is 81.2 cm³/mol. The number of nitro benzene ring substituents is 1. The van der Waals surface area contributed by atoms with Crippen molar-refractivity contribution < 1.29 is 9.72 Å². The Bertz CT molecular complexity index is 624.